The molecule has 0 saturated carbocycles. The first-order valence-electron chi connectivity index (χ1n) is 4.69. The molecule has 0 aliphatic carbocycles. The largest absolute Gasteiger partial charge is 0.397 e. The van der Waals surface area contributed by atoms with Crippen molar-refractivity contribution in [3.8, 4) is 16.5 Å². The van der Waals surface area contributed by atoms with Gasteiger partial charge >= 0.3 is 0 Å². The van der Waals surface area contributed by atoms with Gasteiger partial charge in [0, 0.05) is 15.5 Å². The van der Waals surface area contributed by atoms with Crippen molar-refractivity contribution < 1.29 is 0 Å². The third-order valence-corrected chi connectivity index (χ3v) is 3.99. The first-order chi connectivity index (χ1) is 7.65. The molecular formula is C12H9ClN2S. The summed E-state index contributed by atoms with van der Waals surface area (Å²) in [7, 11) is 0. The molecule has 80 valence electrons. The number of rotatable bonds is 1. The van der Waals surface area contributed by atoms with Gasteiger partial charge in [-0.15, -0.1) is 11.3 Å². The highest BCUT2D eigenvalue weighted by molar-refractivity contribution is 7.16. The Kier molecular flexibility index (Phi) is 2.86. The van der Waals surface area contributed by atoms with Crippen LogP contribution in [0.25, 0.3) is 10.4 Å². The quantitative estimate of drug-likeness (QED) is 0.834. The lowest BCUT2D eigenvalue weighted by atomic mass is 10.1. The number of nitrogens with two attached hydrogens (primary N) is 1. The number of nitriles is 1. The van der Waals surface area contributed by atoms with Gasteiger partial charge in [-0.25, -0.2) is 0 Å². The zero-order valence-corrected chi connectivity index (χ0v) is 10.2. The molecule has 1 aromatic carbocycles. The van der Waals surface area contributed by atoms with E-state index in [0.717, 1.165) is 16.0 Å². The number of hydrogen-bond donors (Lipinski definition) is 1. The van der Waals surface area contributed by atoms with Crippen molar-refractivity contribution in [3.05, 3.63) is 39.7 Å². The summed E-state index contributed by atoms with van der Waals surface area (Å²) in [6.45, 7) is 1.91. The van der Waals surface area contributed by atoms with Crippen LogP contribution in [0.3, 0.4) is 0 Å². The monoisotopic (exact) mass is 248 g/mol. The number of hydrogen-bond acceptors (Lipinski definition) is 3. The van der Waals surface area contributed by atoms with Crippen molar-refractivity contribution >= 4 is 28.6 Å². The average Bonchev–Trinajstić information content (AvgIpc) is 2.57. The SMILES string of the molecule is Cc1c(-c2ccccc2Cl)sc(C#N)c1N. The second-order valence-electron chi connectivity index (χ2n) is 3.39. The molecular weight excluding hydrogens is 240 g/mol. The van der Waals surface area contributed by atoms with E-state index in [4.69, 9.17) is 22.6 Å². The second kappa shape index (κ2) is 4.17. The van der Waals surface area contributed by atoms with E-state index in [0.29, 0.717) is 15.6 Å². The molecule has 0 radical (unpaired) electrons. The summed E-state index contributed by atoms with van der Waals surface area (Å²) in [5.41, 5.74) is 8.26. The number of halogens is 1. The molecule has 0 bridgehead atoms. The first kappa shape index (κ1) is 11.0. The lowest BCUT2D eigenvalue weighted by molar-refractivity contribution is 1.49. The second-order valence-corrected chi connectivity index (χ2v) is 4.82. The molecule has 2 N–H and O–H groups in total. The van der Waals surface area contributed by atoms with Gasteiger partial charge in [-0.05, 0) is 18.6 Å². The molecule has 0 spiro atoms. The highest BCUT2D eigenvalue weighted by Crippen LogP contribution is 2.40. The summed E-state index contributed by atoms with van der Waals surface area (Å²) in [5.74, 6) is 0. The van der Waals surface area contributed by atoms with E-state index in [9.17, 15) is 0 Å². The maximum Gasteiger partial charge on any atom is 0.128 e. The molecule has 1 aromatic heterocycles. The van der Waals surface area contributed by atoms with Crippen molar-refractivity contribution in [1.82, 2.24) is 0 Å². The number of thiophene rings is 1. The summed E-state index contributed by atoms with van der Waals surface area (Å²) in [4.78, 5) is 1.52. The molecule has 0 fully saturated rings. The fourth-order valence-corrected chi connectivity index (χ4v) is 2.86. The lowest BCUT2D eigenvalue weighted by Gasteiger charge is -2.02. The van der Waals surface area contributed by atoms with Gasteiger partial charge in [0.05, 0.1) is 5.69 Å². The topological polar surface area (TPSA) is 49.8 Å². The molecule has 0 aliphatic rings. The van der Waals surface area contributed by atoms with Crippen LogP contribution in [0.15, 0.2) is 24.3 Å². The summed E-state index contributed by atoms with van der Waals surface area (Å²) < 4.78 is 0. The fourth-order valence-electron chi connectivity index (χ4n) is 1.51. The van der Waals surface area contributed by atoms with Crippen molar-refractivity contribution in [2.24, 2.45) is 0 Å². The van der Waals surface area contributed by atoms with Gasteiger partial charge < -0.3 is 5.73 Å². The summed E-state index contributed by atoms with van der Waals surface area (Å²) in [6.07, 6.45) is 0. The maximum atomic E-state index is 8.92. The average molecular weight is 249 g/mol. The predicted molar refractivity (Wildman–Crippen MR) is 68.6 cm³/mol. The molecule has 1 heterocycles. The van der Waals surface area contributed by atoms with E-state index in [1.807, 2.05) is 31.2 Å². The summed E-state index contributed by atoms with van der Waals surface area (Å²) in [6, 6.07) is 9.66. The van der Waals surface area contributed by atoms with Crippen LogP contribution in [-0.2, 0) is 0 Å². The minimum absolute atomic E-state index is 0.549. The van der Waals surface area contributed by atoms with Crippen molar-refractivity contribution in [1.29, 1.82) is 5.26 Å². The molecule has 0 amide bonds. The third-order valence-electron chi connectivity index (χ3n) is 2.41. The van der Waals surface area contributed by atoms with Crippen LogP contribution in [0, 0.1) is 18.3 Å². The third kappa shape index (κ3) is 1.67. The Hall–Kier alpha value is -1.50. The summed E-state index contributed by atoms with van der Waals surface area (Å²) >= 11 is 7.50. The van der Waals surface area contributed by atoms with Crippen molar-refractivity contribution in [2.75, 3.05) is 5.73 Å². The number of benzene rings is 1. The number of anilines is 1. The van der Waals surface area contributed by atoms with Crippen LogP contribution in [0.4, 0.5) is 5.69 Å². The van der Waals surface area contributed by atoms with Gasteiger partial charge in [-0.3, -0.25) is 0 Å². The van der Waals surface area contributed by atoms with Crippen LogP contribution in [0.2, 0.25) is 5.02 Å². The van der Waals surface area contributed by atoms with E-state index in [-0.39, 0.29) is 0 Å². The lowest BCUT2D eigenvalue weighted by Crippen LogP contribution is -1.87. The Bertz CT molecular complexity index is 581. The van der Waals surface area contributed by atoms with Gasteiger partial charge in [0.2, 0.25) is 0 Å². The molecule has 16 heavy (non-hydrogen) atoms. The van der Waals surface area contributed by atoms with Gasteiger partial charge in [-0.2, -0.15) is 5.26 Å². The highest BCUT2D eigenvalue weighted by Gasteiger charge is 2.15. The molecule has 4 heteroatoms. The van der Waals surface area contributed by atoms with Gasteiger partial charge in [-0.1, -0.05) is 29.8 Å². The zero-order chi connectivity index (χ0) is 11.7. The van der Waals surface area contributed by atoms with Gasteiger partial charge in [0.25, 0.3) is 0 Å². The van der Waals surface area contributed by atoms with E-state index in [1.165, 1.54) is 11.3 Å². The maximum absolute atomic E-state index is 8.92. The van der Waals surface area contributed by atoms with E-state index < -0.39 is 0 Å². The van der Waals surface area contributed by atoms with E-state index >= 15 is 0 Å². The van der Waals surface area contributed by atoms with Crippen molar-refractivity contribution in [2.45, 2.75) is 6.92 Å². The fraction of sp³-hybridized carbons (Fsp3) is 0.0833. The Balaban J connectivity index is 2.67. The number of nitrogens with zero attached hydrogens (tertiary/aromatic N) is 1. The molecule has 2 nitrogen and oxygen atoms in total. The molecule has 0 atom stereocenters. The van der Waals surface area contributed by atoms with E-state index in [2.05, 4.69) is 6.07 Å². The van der Waals surface area contributed by atoms with Crippen LogP contribution >= 0.6 is 22.9 Å². The van der Waals surface area contributed by atoms with E-state index in [1.54, 1.807) is 0 Å². The van der Waals surface area contributed by atoms with Crippen molar-refractivity contribution in [3.63, 3.8) is 0 Å². The summed E-state index contributed by atoms with van der Waals surface area (Å²) in [5, 5.41) is 9.60. The normalized spacial score (nSPS) is 10.1. The predicted octanol–water partition coefficient (Wildman–Crippen LogP) is 3.83. The molecule has 2 rings (SSSR count). The first-order valence-corrected chi connectivity index (χ1v) is 5.88. The Labute approximate surface area is 103 Å². The molecule has 0 unspecified atom stereocenters. The Morgan fingerprint density at radius 3 is 2.62 bits per heavy atom. The molecule has 0 saturated heterocycles. The van der Waals surface area contributed by atoms with Crippen LogP contribution in [0.5, 0.6) is 0 Å². The molecule has 0 aliphatic heterocycles. The number of nitrogen functional groups attached to an aromatic ring is 1. The Morgan fingerprint density at radius 1 is 1.38 bits per heavy atom. The standard InChI is InChI=1S/C12H9ClN2S/c1-7-11(15)10(6-14)16-12(7)8-4-2-3-5-9(8)13/h2-5H,15H2,1H3. The minimum Gasteiger partial charge on any atom is -0.397 e. The van der Waals surface area contributed by atoms with Gasteiger partial charge in [0.15, 0.2) is 0 Å². The highest BCUT2D eigenvalue weighted by atomic mass is 35.5. The van der Waals surface area contributed by atoms with Crippen LogP contribution in [0.1, 0.15) is 10.4 Å². The zero-order valence-electron chi connectivity index (χ0n) is 8.62. The van der Waals surface area contributed by atoms with Crippen LogP contribution in [-0.4, -0.2) is 0 Å². The minimum atomic E-state index is 0.549. The van der Waals surface area contributed by atoms with Crippen LogP contribution < -0.4 is 5.73 Å². The smallest absolute Gasteiger partial charge is 0.128 e. The Morgan fingerprint density at radius 2 is 2.06 bits per heavy atom. The molecule has 2 aromatic rings. The van der Waals surface area contributed by atoms with Gasteiger partial charge in [0.1, 0.15) is 10.9 Å².